The van der Waals surface area contributed by atoms with Crippen molar-refractivity contribution in [1.29, 1.82) is 0 Å². The fourth-order valence-corrected chi connectivity index (χ4v) is 4.39. The van der Waals surface area contributed by atoms with E-state index in [1.54, 1.807) is 35.2 Å². The molecular weight excluding hydrogens is 453 g/mol. The summed E-state index contributed by atoms with van der Waals surface area (Å²) in [4.78, 5) is 26.9. The van der Waals surface area contributed by atoms with Gasteiger partial charge in [0.05, 0.1) is 12.1 Å². The smallest absolute Gasteiger partial charge is 0.343 e. The molecular formula is C28H27F3N2O2. The summed E-state index contributed by atoms with van der Waals surface area (Å²) >= 11 is 0. The first kappa shape index (κ1) is 24.5. The molecule has 0 aromatic heterocycles. The van der Waals surface area contributed by atoms with E-state index in [-0.39, 0.29) is 12.5 Å². The second-order valence-corrected chi connectivity index (χ2v) is 8.85. The number of amides is 2. The normalized spacial score (nSPS) is 14.5. The molecule has 35 heavy (non-hydrogen) atoms. The number of hydrogen-bond donors (Lipinski definition) is 1. The SMILES string of the molecule is O=C(NCC(=O)N1CCC(Cc2ccccc2)CC1)c1ccc(-c2cccc(C(F)(F)F)c2)cc1. The molecule has 182 valence electrons. The van der Waals surface area contributed by atoms with Crippen molar-refractivity contribution in [2.45, 2.75) is 25.4 Å². The third-order valence-electron chi connectivity index (χ3n) is 6.40. The molecule has 1 aliphatic heterocycles. The first-order chi connectivity index (χ1) is 16.8. The van der Waals surface area contributed by atoms with Crippen LogP contribution in [0, 0.1) is 5.92 Å². The molecule has 4 nitrogen and oxygen atoms in total. The molecule has 0 unspecified atom stereocenters. The molecule has 0 aliphatic carbocycles. The van der Waals surface area contributed by atoms with Gasteiger partial charge >= 0.3 is 6.18 Å². The van der Waals surface area contributed by atoms with E-state index in [0.717, 1.165) is 31.4 Å². The minimum atomic E-state index is -4.42. The van der Waals surface area contributed by atoms with Gasteiger partial charge in [-0.25, -0.2) is 0 Å². The molecule has 7 heteroatoms. The summed E-state index contributed by atoms with van der Waals surface area (Å²) < 4.78 is 38.9. The zero-order valence-corrected chi connectivity index (χ0v) is 19.2. The number of hydrogen-bond acceptors (Lipinski definition) is 2. The lowest BCUT2D eigenvalue weighted by molar-refractivity contribution is -0.137. The number of nitrogens with one attached hydrogen (secondary N) is 1. The van der Waals surface area contributed by atoms with Crippen molar-refractivity contribution in [3.05, 3.63) is 95.6 Å². The summed E-state index contributed by atoms with van der Waals surface area (Å²) in [6.45, 7) is 1.27. The highest BCUT2D eigenvalue weighted by molar-refractivity contribution is 5.96. The number of benzene rings is 3. The van der Waals surface area contributed by atoms with Crippen LogP contribution >= 0.6 is 0 Å². The van der Waals surface area contributed by atoms with Gasteiger partial charge in [-0.15, -0.1) is 0 Å². The Morgan fingerprint density at radius 3 is 2.20 bits per heavy atom. The molecule has 1 heterocycles. The van der Waals surface area contributed by atoms with E-state index in [1.165, 1.54) is 11.6 Å². The van der Waals surface area contributed by atoms with Crippen molar-refractivity contribution >= 4 is 11.8 Å². The van der Waals surface area contributed by atoms with E-state index in [9.17, 15) is 22.8 Å². The van der Waals surface area contributed by atoms with E-state index in [1.807, 2.05) is 18.2 Å². The number of piperidine rings is 1. The van der Waals surface area contributed by atoms with Crippen LogP contribution in [-0.2, 0) is 17.4 Å². The second-order valence-electron chi connectivity index (χ2n) is 8.85. The first-order valence-electron chi connectivity index (χ1n) is 11.7. The van der Waals surface area contributed by atoms with Crippen LogP contribution in [-0.4, -0.2) is 36.3 Å². The highest BCUT2D eigenvalue weighted by Gasteiger charge is 2.30. The number of carbonyl (C=O) groups is 2. The summed E-state index contributed by atoms with van der Waals surface area (Å²) in [5, 5.41) is 2.66. The molecule has 0 saturated carbocycles. The molecule has 0 spiro atoms. The topological polar surface area (TPSA) is 49.4 Å². The minimum Gasteiger partial charge on any atom is -0.343 e. The Hall–Kier alpha value is -3.61. The average molecular weight is 481 g/mol. The Labute approximate surface area is 202 Å². The molecule has 0 radical (unpaired) electrons. The number of halogens is 3. The molecule has 3 aromatic carbocycles. The number of carbonyl (C=O) groups excluding carboxylic acids is 2. The van der Waals surface area contributed by atoms with Gasteiger partial charge in [0.15, 0.2) is 0 Å². The maximum atomic E-state index is 13.0. The van der Waals surface area contributed by atoms with E-state index < -0.39 is 17.6 Å². The fraction of sp³-hybridized carbons (Fsp3) is 0.286. The number of rotatable bonds is 6. The zero-order chi connectivity index (χ0) is 24.8. The number of alkyl halides is 3. The van der Waals surface area contributed by atoms with E-state index in [2.05, 4.69) is 17.4 Å². The van der Waals surface area contributed by atoms with Gasteiger partial charge in [0.1, 0.15) is 0 Å². The molecule has 1 aliphatic rings. The van der Waals surface area contributed by atoms with Gasteiger partial charge in [0.2, 0.25) is 5.91 Å². The summed E-state index contributed by atoms with van der Waals surface area (Å²) in [6.07, 6.45) is -1.53. The fourth-order valence-electron chi connectivity index (χ4n) is 4.39. The molecule has 2 amide bonds. The predicted octanol–water partition coefficient (Wildman–Crippen LogP) is 5.58. The summed E-state index contributed by atoms with van der Waals surface area (Å²) in [7, 11) is 0. The zero-order valence-electron chi connectivity index (χ0n) is 19.2. The van der Waals surface area contributed by atoms with Gasteiger partial charge in [0.25, 0.3) is 5.91 Å². The molecule has 0 atom stereocenters. The molecule has 1 saturated heterocycles. The van der Waals surface area contributed by atoms with E-state index in [4.69, 9.17) is 0 Å². The first-order valence-corrected chi connectivity index (χ1v) is 11.7. The van der Waals surface area contributed by atoms with Gasteiger partial charge in [-0.3, -0.25) is 9.59 Å². The monoisotopic (exact) mass is 480 g/mol. The highest BCUT2D eigenvalue weighted by Crippen LogP contribution is 2.32. The molecule has 4 rings (SSSR count). The lowest BCUT2D eigenvalue weighted by atomic mass is 9.90. The minimum absolute atomic E-state index is 0.0857. The van der Waals surface area contributed by atoms with Gasteiger partial charge < -0.3 is 10.2 Å². The van der Waals surface area contributed by atoms with Crippen LogP contribution in [0.2, 0.25) is 0 Å². The Bertz CT molecular complexity index is 1150. The lowest BCUT2D eigenvalue weighted by Gasteiger charge is -2.32. The standard InChI is InChI=1S/C28H27F3N2O2/c29-28(30,31)25-8-4-7-24(18-25)22-9-11-23(12-10-22)27(35)32-19-26(34)33-15-13-21(14-16-33)17-20-5-2-1-3-6-20/h1-12,18,21H,13-17,19H2,(H,32,35). The van der Waals surface area contributed by atoms with E-state index >= 15 is 0 Å². The van der Waals surface area contributed by atoms with Crippen molar-refractivity contribution in [3.8, 4) is 11.1 Å². The molecule has 1 N–H and O–H groups in total. The predicted molar refractivity (Wildman–Crippen MR) is 129 cm³/mol. The number of nitrogens with zero attached hydrogens (tertiary/aromatic N) is 1. The Morgan fingerprint density at radius 1 is 0.857 bits per heavy atom. The molecule has 3 aromatic rings. The summed E-state index contributed by atoms with van der Waals surface area (Å²) in [5.41, 5.74) is 1.91. The van der Waals surface area contributed by atoms with E-state index in [0.29, 0.717) is 35.7 Å². The van der Waals surface area contributed by atoms with Gasteiger partial charge in [-0.2, -0.15) is 13.2 Å². The van der Waals surface area contributed by atoms with Gasteiger partial charge in [0, 0.05) is 18.7 Å². The third kappa shape index (κ3) is 6.50. The van der Waals surface area contributed by atoms with Crippen LogP contribution in [0.15, 0.2) is 78.9 Å². The van der Waals surface area contributed by atoms with Crippen LogP contribution in [0.1, 0.15) is 34.3 Å². The van der Waals surface area contributed by atoms with Gasteiger partial charge in [-0.1, -0.05) is 54.6 Å². The molecule has 0 bridgehead atoms. The van der Waals surface area contributed by atoms with Crippen LogP contribution in [0.4, 0.5) is 13.2 Å². The maximum absolute atomic E-state index is 13.0. The quantitative estimate of drug-likeness (QED) is 0.501. The number of likely N-dealkylation sites (tertiary alicyclic amines) is 1. The third-order valence-corrected chi connectivity index (χ3v) is 6.40. The molecule has 1 fully saturated rings. The van der Waals surface area contributed by atoms with Crippen LogP contribution in [0.25, 0.3) is 11.1 Å². The van der Waals surface area contributed by atoms with Crippen LogP contribution in [0.3, 0.4) is 0 Å². The Balaban J connectivity index is 1.26. The van der Waals surface area contributed by atoms with Crippen molar-refractivity contribution < 1.29 is 22.8 Å². The summed E-state index contributed by atoms with van der Waals surface area (Å²) in [5.74, 6) is 0.0383. The Morgan fingerprint density at radius 2 is 1.54 bits per heavy atom. The van der Waals surface area contributed by atoms with Crippen LogP contribution in [0.5, 0.6) is 0 Å². The largest absolute Gasteiger partial charge is 0.416 e. The van der Waals surface area contributed by atoms with Crippen molar-refractivity contribution in [2.24, 2.45) is 5.92 Å². The summed E-state index contributed by atoms with van der Waals surface area (Å²) in [6, 6.07) is 21.7. The van der Waals surface area contributed by atoms with Crippen molar-refractivity contribution in [2.75, 3.05) is 19.6 Å². The van der Waals surface area contributed by atoms with Crippen LogP contribution < -0.4 is 5.32 Å². The van der Waals surface area contributed by atoms with Crippen molar-refractivity contribution in [3.63, 3.8) is 0 Å². The highest BCUT2D eigenvalue weighted by atomic mass is 19.4. The maximum Gasteiger partial charge on any atom is 0.416 e. The second kappa shape index (κ2) is 10.8. The average Bonchev–Trinajstić information content (AvgIpc) is 2.88. The van der Waals surface area contributed by atoms with Crippen molar-refractivity contribution in [1.82, 2.24) is 10.2 Å². The Kier molecular flexibility index (Phi) is 7.54. The van der Waals surface area contributed by atoms with Gasteiger partial charge in [-0.05, 0) is 66.1 Å². The lowest BCUT2D eigenvalue weighted by Crippen LogP contribution is -2.44.